The molecule has 1 aromatic rings. The molecule has 0 aromatic heterocycles. The summed E-state index contributed by atoms with van der Waals surface area (Å²) in [5.41, 5.74) is 0.616. The molecule has 0 aliphatic heterocycles. The van der Waals surface area contributed by atoms with Crippen LogP contribution in [0.5, 0.6) is 0 Å². The van der Waals surface area contributed by atoms with Crippen molar-refractivity contribution in [2.75, 3.05) is 0 Å². The van der Waals surface area contributed by atoms with Crippen LogP contribution in [-0.4, -0.2) is 12.0 Å². The van der Waals surface area contributed by atoms with Gasteiger partial charge in [0.1, 0.15) is 0 Å². The molecule has 0 spiro atoms. The van der Waals surface area contributed by atoms with Crippen LogP contribution in [-0.2, 0) is 0 Å². The Kier molecular flexibility index (Phi) is 3.84. The lowest BCUT2D eigenvalue weighted by Gasteiger charge is -2.07. The molecule has 1 N–H and O–H groups in total. The summed E-state index contributed by atoms with van der Waals surface area (Å²) < 4.78 is 0. The lowest BCUT2D eigenvalue weighted by molar-refractivity contribution is 0.0954. The Morgan fingerprint density at radius 1 is 1.50 bits per heavy atom. The van der Waals surface area contributed by atoms with Gasteiger partial charge in [-0.05, 0) is 30.7 Å². The standard InChI is InChI=1S/C11H12ClNO/c1-2-8(7-13)11(14)9-3-5-10(12)6-4-9/h3-8,13H,2H2,1H3. The summed E-state index contributed by atoms with van der Waals surface area (Å²) in [5.74, 6) is -0.324. The second-order valence-electron chi connectivity index (χ2n) is 3.05. The van der Waals surface area contributed by atoms with E-state index in [1.807, 2.05) is 6.92 Å². The Hall–Kier alpha value is -1.15. The zero-order valence-corrected chi connectivity index (χ0v) is 8.71. The molecule has 1 aromatic carbocycles. The molecule has 0 radical (unpaired) electrons. The summed E-state index contributed by atoms with van der Waals surface area (Å²) in [4.78, 5) is 11.7. The molecule has 1 atom stereocenters. The number of benzene rings is 1. The molecule has 0 bridgehead atoms. The fraction of sp³-hybridized carbons (Fsp3) is 0.273. The summed E-state index contributed by atoms with van der Waals surface area (Å²) in [5, 5.41) is 7.73. The van der Waals surface area contributed by atoms with E-state index in [9.17, 15) is 4.79 Å². The fourth-order valence-electron chi connectivity index (χ4n) is 1.21. The van der Waals surface area contributed by atoms with Gasteiger partial charge in [-0.25, -0.2) is 0 Å². The highest BCUT2D eigenvalue weighted by atomic mass is 35.5. The predicted octanol–water partition coefficient (Wildman–Crippen LogP) is 3.20. The summed E-state index contributed by atoms with van der Waals surface area (Å²) in [6.07, 6.45) is 1.85. The van der Waals surface area contributed by atoms with E-state index in [0.29, 0.717) is 17.0 Å². The van der Waals surface area contributed by atoms with Crippen molar-refractivity contribution in [3.05, 3.63) is 34.9 Å². The van der Waals surface area contributed by atoms with Gasteiger partial charge in [-0.1, -0.05) is 18.5 Å². The number of rotatable bonds is 4. The van der Waals surface area contributed by atoms with Crippen LogP contribution in [0.4, 0.5) is 0 Å². The van der Waals surface area contributed by atoms with Crippen LogP contribution in [0.3, 0.4) is 0 Å². The van der Waals surface area contributed by atoms with E-state index < -0.39 is 0 Å². The lowest BCUT2D eigenvalue weighted by atomic mass is 9.96. The van der Waals surface area contributed by atoms with Crippen molar-refractivity contribution in [3.8, 4) is 0 Å². The third kappa shape index (κ3) is 2.42. The van der Waals surface area contributed by atoms with Crippen molar-refractivity contribution in [1.29, 1.82) is 5.41 Å². The first kappa shape index (κ1) is 10.9. The number of Topliss-reactive ketones (excluding diaryl/α,β-unsaturated/α-hetero) is 1. The van der Waals surface area contributed by atoms with E-state index in [2.05, 4.69) is 0 Å². The Morgan fingerprint density at radius 2 is 2.07 bits per heavy atom. The highest BCUT2D eigenvalue weighted by Gasteiger charge is 2.15. The zero-order chi connectivity index (χ0) is 10.6. The van der Waals surface area contributed by atoms with Crippen LogP contribution < -0.4 is 0 Å². The fourth-order valence-corrected chi connectivity index (χ4v) is 1.33. The topological polar surface area (TPSA) is 40.9 Å². The molecule has 14 heavy (non-hydrogen) atoms. The summed E-state index contributed by atoms with van der Waals surface area (Å²) in [6.45, 7) is 1.89. The highest BCUT2D eigenvalue weighted by molar-refractivity contribution is 6.30. The molecule has 1 rings (SSSR count). The van der Waals surface area contributed by atoms with Gasteiger partial charge in [0, 0.05) is 16.8 Å². The van der Waals surface area contributed by atoms with Crippen molar-refractivity contribution in [2.24, 2.45) is 5.92 Å². The molecule has 2 nitrogen and oxygen atoms in total. The molecular formula is C11H12ClNO. The van der Waals surface area contributed by atoms with Gasteiger partial charge in [0.15, 0.2) is 5.78 Å². The van der Waals surface area contributed by atoms with Crippen molar-refractivity contribution in [1.82, 2.24) is 0 Å². The van der Waals surface area contributed by atoms with E-state index in [0.717, 1.165) is 0 Å². The first-order valence-corrected chi connectivity index (χ1v) is 4.87. The van der Waals surface area contributed by atoms with Gasteiger partial charge in [-0.15, -0.1) is 0 Å². The van der Waals surface area contributed by atoms with Crippen molar-refractivity contribution >= 4 is 23.6 Å². The number of nitrogens with one attached hydrogen (secondary N) is 1. The quantitative estimate of drug-likeness (QED) is 0.601. The molecule has 0 aliphatic rings. The van der Waals surface area contributed by atoms with E-state index in [-0.39, 0.29) is 11.7 Å². The van der Waals surface area contributed by atoms with Crippen LogP contribution in [0, 0.1) is 11.3 Å². The second kappa shape index (κ2) is 4.91. The molecular weight excluding hydrogens is 198 g/mol. The van der Waals surface area contributed by atoms with Crippen LogP contribution in [0.1, 0.15) is 23.7 Å². The molecule has 3 heteroatoms. The highest BCUT2D eigenvalue weighted by Crippen LogP contribution is 2.14. The molecule has 74 valence electrons. The number of hydrogen-bond donors (Lipinski definition) is 1. The van der Waals surface area contributed by atoms with Crippen LogP contribution in [0.25, 0.3) is 0 Å². The lowest BCUT2D eigenvalue weighted by Crippen LogP contribution is -2.14. The van der Waals surface area contributed by atoms with E-state index in [1.54, 1.807) is 24.3 Å². The van der Waals surface area contributed by atoms with Gasteiger partial charge in [0.05, 0.1) is 5.92 Å². The molecule has 0 heterocycles. The van der Waals surface area contributed by atoms with Crippen LogP contribution in [0.2, 0.25) is 5.02 Å². The predicted molar refractivity (Wildman–Crippen MR) is 58.3 cm³/mol. The Labute approximate surface area is 88.4 Å². The maximum Gasteiger partial charge on any atom is 0.171 e. The maximum atomic E-state index is 11.7. The molecule has 0 saturated heterocycles. The first-order chi connectivity index (χ1) is 6.69. The average molecular weight is 210 g/mol. The number of carbonyl (C=O) groups is 1. The normalized spacial score (nSPS) is 12.1. The number of hydrogen-bond acceptors (Lipinski definition) is 2. The number of halogens is 1. The average Bonchev–Trinajstić information content (AvgIpc) is 2.20. The molecule has 1 unspecified atom stereocenters. The third-order valence-corrected chi connectivity index (χ3v) is 2.36. The molecule has 0 aliphatic carbocycles. The number of ketones is 1. The summed E-state index contributed by atoms with van der Waals surface area (Å²) in [7, 11) is 0. The smallest absolute Gasteiger partial charge is 0.171 e. The Morgan fingerprint density at radius 3 is 2.50 bits per heavy atom. The second-order valence-corrected chi connectivity index (χ2v) is 3.49. The van der Waals surface area contributed by atoms with Crippen molar-refractivity contribution < 1.29 is 4.79 Å². The zero-order valence-electron chi connectivity index (χ0n) is 7.96. The molecule has 0 amide bonds. The minimum atomic E-state index is -0.309. The van der Waals surface area contributed by atoms with Gasteiger partial charge >= 0.3 is 0 Å². The monoisotopic (exact) mass is 209 g/mol. The summed E-state index contributed by atoms with van der Waals surface area (Å²) >= 11 is 5.71. The van der Waals surface area contributed by atoms with Gasteiger partial charge in [-0.3, -0.25) is 4.79 Å². The van der Waals surface area contributed by atoms with Crippen LogP contribution >= 0.6 is 11.6 Å². The van der Waals surface area contributed by atoms with Crippen molar-refractivity contribution in [3.63, 3.8) is 0 Å². The first-order valence-electron chi connectivity index (χ1n) is 4.49. The van der Waals surface area contributed by atoms with E-state index in [4.69, 9.17) is 17.0 Å². The Bertz CT molecular complexity index is 332. The van der Waals surface area contributed by atoms with Gasteiger partial charge in [0.25, 0.3) is 0 Å². The summed E-state index contributed by atoms with van der Waals surface area (Å²) in [6, 6.07) is 6.75. The minimum Gasteiger partial charge on any atom is -0.312 e. The maximum absolute atomic E-state index is 11.7. The third-order valence-electron chi connectivity index (χ3n) is 2.11. The van der Waals surface area contributed by atoms with Gasteiger partial charge in [-0.2, -0.15) is 0 Å². The molecule has 0 saturated carbocycles. The van der Waals surface area contributed by atoms with Crippen LogP contribution in [0.15, 0.2) is 24.3 Å². The van der Waals surface area contributed by atoms with Gasteiger partial charge in [0.2, 0.25) is 0 Å². The van der Waals surface area contributed by atoms with Gasteiger partial charge < -0.3 is 5.41 Å². The minimum absolute atomic E-state index is 0.0147. The van der Waals surface area contributed by atoms with E-state index in [1.165, 1.54) is 6.21 Å². The SMILES string of the molecule is CCC(C=N)C(=O)c1ccc(Cl)cc1. The molecule has 0 fully saturated rings. The number of carbonyl (C=O) groups excluding carboxylic acids is 1. The Balaban J connectivity index is 2.88. The largest absolute Gasteiger partial charge is 0.312 e. The van der Waals surface area contributed by atoms with E-state index >= 15 is 0 Å². The van der Waals surface area contributed by atoms with Crippen molar-refractivity contribution in [2.45, 2.75) is 13.3 Å².